The minimum atomic E-state index is -0.717. The number of halogens is 3. The largest absolute Gasteiger partial charge is 0.320 e. The normalized spacial score (nSPS) is 12.5. The van der Waals surface area contributed by atoms with E-state index in [2.05, 4.69) is 0 Å². The summed E-state index contributed by atoms with van der Waals surface area (Å²) in [5.74, 6) is -0.962. The van der Waals surface area contributed by atoms with E-state index in [-0.39, 0.29) is 11.1 Å². The van der Waals surface area contributed by atoms with Crippen LogP contribution >= 0.6 is 11.6 Å². The van der Waals surface area contributed by atoms with Crippen LogP contribution in [-0.4, -0.2) is 0 Å². The zero-order valence-corrected chi connectivity index (χ0v) is 11.4. The molecule has 0 aliphatic rings. The van der Waals surface area contributed by atoms with E-state index in [9.17, 15) is 8.78 Å². The molecule has 100 valence electrons. The quantitative estimate of drug-likeness (QED) is 0.873. The van der Waals surface area contributed by atoms with Gasteiger partial charge in [0.25, 0.3) is 0 Å². The number of hydrogen-bond acceptors (Lipinski definition) is 1. The first-order valence-electron chi connectivity index (χ1n) is 5.87. The second-order valence-corrected chi connectivity index (χ2v) is 5.02. The van der Waals surface area contributed by atoms with E-state index in [1.807, 2.05) is 6.92 Å². The lowest BCUT2D eigenvalue weighted by atomic mass is 9.96. The first kappa shape index (κ1) is 14.0. The van der Waals surface area contributed by atoms with Gasteiger partial charge in [-0.1, -0.05) is 23.7 Å². The highest BCUT2D eigenvalue weighted by Crippen LogP contribution is 2.27. The Labute approximate surface area is 116 Å². The number of hydrogen-bond donors (Lipinski definition) is 1. The summed E-state index contributed by atoms with van der Waals surface area (Å²) >= 11 is 5.93. The van der Waals surface area contributed by atoms with Crippen molar-refractivity contribution in [2.45, 2.75) is 19.9 Å². The Hall–Kier alpha value is -1.45. The van der Waals surface area contributed by atoms with E-state index in [0.717, 1.165) is 17.7 Å². The van der Waals surface area contributed by atoms with E-state index >= 15 is 0 Å². The first-order chi connectivity index (χ1) is 8.90. The molecule has 0 saturated heterocycles. The zero-order valence-electron chi connectivity index (χ0n) is 10.7. The fourth-order valence-corrected chi connectivity index (χ4v) is 2.06. The van der Waals surface area contributed by atoms with Crippen LogP contribution in [0.2, 0.25) is 5.02 Å². The Bertz CT molecular complexity index is 626. The summed E-state index contributed by atoms with van der Waals surface area (Å²) in [7, 11) is 0. The molecule has 0 spiro atoms. The third-order valence-electron chi connectivity index (χ3n) is 3.15. The van der Waals surface area contributed by atoms with Crippen LogP contribution < -0.4 is 5.73 Å². The summed E-state index contributed by atoms with van der Waals surface area (Å²) in [6.07, 6.45) is 0. The Morgan fingerprint density at radius 2 is 1.68 bits per heavy atom. The average Bonchev–Trinajstić information content (AvgIpc) is 2.36. The lowest BCUT2D eigenvalue weighted by molar-refractivity contribution is 0.570. The van der Waals surface area contributed by atoms with Crippen LogP contribution in [-0.2, 0) is 0 Å². The molecule has 1 unspecified atom stereocenters. The van der Waals surface area contributed by atoms with Crippen LogP contribution in [0.5, 0.6) is 0 Å². The molecule has 0 fully saturated rings. The van der Waals surface area contributed by atoms with Gasteiger partial charge in [0.2, 0.25) is 0 Å². The van der Waals surface area contributed by atoms with E-state index in [0.29, 0.717) is 10.6 Å². The van der Waals surface area contributed by atoms with Gasteiger partial charge in [-0.2, -0.15) is 0 Å². The lowest BCUT2D eigenvalue weighted by Gasteiger charge is -2.15. The van der Waals surface area contributed by atoms with Gasteiger partial charge in [-0.15, -0.1) is 0 Å². The molecule has 0 aliphatic heterocycles. The van der Waals surface area contributed by atoms with Crippen molar-refractivity contribution < 1.29 is 8.78 Å². The van der Waals surface area contributed by atoms with Gasteiger partial charge in [0.05, 0.1) is 6.04 Å². The maximum atomic E-state index is 13.9. The van der Waals surface area contributed by atoms with Crippen LogP contribution in [0.25, 0.3) is 0 Å². The van der Waals surface area contributed by atoms with Crippen LogP contribution in [0, 0.1) is 25.5 Å². The maximum Gasteiger partial charge on any atom is 0.128 e. The fraction of sp³-hybridized carbons (Fsp3) is 0.200. The molecule has 0 bridgehead atoms. The topological polar surface area (TPSA) is 26.0 Å². The second kappa shape index (κ2) is 5.27. The standard InChI is InChI=1S/C15H14ClF2N/c1-8-5-10(3-4-12(8)16)15(19)11-7-13(17)9(2)6-14(11)18/h3-7,15H,19H2,1-2H3. The average molecular weight is 282 g/mol. The SMILES string of the molecule is Cc1cc(F)c(C(N)c2ccc(Cl)c(C)c2)cc1F. The summed E-state index contributed by atoms with van der Waals surface area (Å²) < 4.78 is 27.4. The van der Waals surface area contributed by atoms with Crippen molar-refractivity contribution in [3.63, 3.8) is 0 Å². The highest BCUT2D eigenvalue weighted by atomic mass is 35.5. The Kier molecular flexibility index (Phi) is 3.88. The molecule has 0 amide bonds. The van der Waals surface area contributed by atoms with Crippen molar-refractivity contribution in [3.8, 4) is 0 Å². The number of benzene rings is 2. The Morgan fingerprint density at radius 3 is 2.32 bits per heavy atom. The molecule has 0 heterocycles. The molecule has 0 saturated carbocycles. The number of aryl methyl sites for hydroxylation is 2. The highest BCUT2D eigenvalue weighted by Gasteiger charge is 2.16. The van der Waals surface area contributed by atoms with Crippen molar-refractivity contribution in [1.29, 1.82) is 0 Å². The van der Waals surface area contributed by atoms with Gasteiger partial charge >= 0.3 is 0 Å². The monoisotopic (exact) mass is 281 g/mol. The van der Waals surface area contributed by atoms with E-state index in [4.69, 9.17) is 17.3 Å². The van der Waals surface area contributed by atoms with E-state index < -0.39 is 17.7 Å². The highest BCUT2D eigenvalue weighted by molar-refractivity contribution is 6.31. The van der Waals surface area contributed by atoms with E-state index in [1.165, 1.54) is 6.92 Å². The van der Waals surface area contributed by atoms with E-state index in [1.54, 1.807) is 18.2 Å². The van der Waals surface area contributed by atoms with Gasteiger partial charge in [-0.25, -0.2) is 8.78 Å². The molecule has 2 rings (SSSR count). The van der Waals surface area contributed by atoms with Crippen LogP contribution in [0.3, 0.4) is 0 Å². The predicted molar refractivity (Wildman–Crippen MR) is 73.3 cm³/mol. The maximum absolute atomic E-state index is 13.9. The van der Waals surface area contributed by atoms with Crippen LogP contribution in [0.15, 0.2) is 30.3 Å². The Morgan fingerprint density at radius 1 is 1.00 bits per heavy atom. The summed E-state index contributed by atoms with van der Waals surface area (Å²) in [6, 6.07) is 6.80. The third kappa shape index (κ3) is 2.77. The molecule has 4 heteroatoms. The fourth-order valence-electron chi connectivity index (χ4n) is 1.94. The lowest BCUT2D eigenvalue weighted by Crippen LogP contribution is -2.14. The van der Waals surface area contributed by atoms with Gasteiger partial charge in [0, 0.05) is 10.6 Å². The van der Waals surface area contributed by atoms with Gasteiger partial charge in [0.15, 0.2) is 0 Å². The molecule has 2 aromatic carbocycles. The van der Waals surface area contributed by atoms with Crippen molar-refractivity contribution >= 4 is 11.6 Å². The summed E-state index contributed by atoms with van der Waals surface area (Å²) in [6.45, 7) is 3.35. The minimum absolute atomic E-state index is 0.143. The van der Waals surface area contributed by atoms with Crippen molar-refractivity contribution in [3.05, 3.63) is 69.2 Å². The van der Waals surface area contributed by atoms with Gasteiger partial charge < -0.3 is 5.73 Å². The van der Waals surface area contributed by atoms with Crippen LogP contribution in [0.1, 0.15) is 28.3 Å². The van der Waals surface area contributed by atoms with Gasteiger partial charge in [-0.3, -0.25) is 0 Å². The van der Waals surface area contributed by atoms with Crippen molar-refractivity contribution in [2.24, 2.45) is 5.73 Å². The molecule has 0 aliphatic carbocycles. The first-order valence-corrected chi connectivity index (χ1v) is 6.25. The number of nitrogens with two attached hydrogens (primary N) is 1. The van der Waals surface area contributed by atoms with Crippen molar-refractivity contribution in [1.82, 2.24) is 0 Å². The summed E-state index contributed by atoms with van der Waals surface area (Å²) in [5.41, 5.74) is 7.96. The zero-order chi connectivity index (χ0) is 14.2. The van der Waals surface area contributed by atoms with Crippen molar-refractivity contribution in [2.75, 3.05) is 0 Å². The second-order valence-electron chi connectivity index (χ2n) is 4.61. The Balaban J connectivity index is 2.46. The minimum Gasteiger partial charge on any atom is -0.320 e. The predicted octanol–water partition coefficient (Wildman–Crippen LogP) is 4.28. The molecule has 1 atom stereocenters. The summed E-state index contributed by atoms with van der Waals surface area (Å²) in [4.78, 5) is 0. The van der Waals surface area contributed by atoms with Gasteiger partial charge in [-0.05, 0) is 48.7 Å². The molecular weight excluding hydrogens is 268 g/mol. The van der Waals surface area contributed by atoms with Crippen LogP contribution in [0.4, 0.5) is 8.78 Å². The van der Waals surface area contributed by atoms with Gasteiger partial charge in [0.1, 0.15) is 11.6 Å². The third-order valence-corrected chi connectivity index (χ3v) is 3.58. The summed E-state index contributed by atoms with van der Waals surface area (Å²) in [5, 5.41) is 0.617. The molecular formula is C15H14ClF2N. The molecule has 1 nitrogen and oxygen atoms in total. The molecule has 19 heavy (non-hydrogen) atoms. The molecule has 0 aromatic heterocycles. The molecule has 2 N–H and O–H groups in total. The molecule has 2 aromatic rings. The molecule has 0 radical (unpaired) electrons. The number of rotatable bonds is 2. The smallest absolute Gasteiger partial charge is 0.128 e.